The number of aromatic nitrogens is 2. The molecule has 0 atom stereocenters. The standard InChI is InChI=1S/C21H29N3O3/c1-4-23-14-11-22-21(23)17-9-12-24(13-10-17)20(25)8-6-16-5-7-18(26-2)19(15-16)27-3/h5,7,11,14-15,17H,4,6,8-10,12-13H2,1-3H3. The number of imidazole rings is 1. The summed E-state index contributed by atoms with van der Waals surface area (Å²) in [7, 11) is 3.25. The van der Waals surface area contributed by atoms with Crippen LogP contribution in [0.5, 0.6) is 11.5 Å². The number of hydrogen-bond acceptors (Lipinski definition) is 4. The fourth-order valence-electron chi connectivity index (χ4n) is 3.78. The molecule has 1 aliphatic heterocycles. The van der Waals surface area contributed by atoms with Gasteiger partial charge in [-0.05, 0) is 43.9 Å². The first-order valence-electron chi connectivity index (χ1n) is 9.66. The molecule has 6 nitrogen and oxygen atoms in total. The molecule has 27 heavy (non-hydrogen) atoms. The minimum Gasteiger partial charge on any atom is -0.493 e. The van der Waals surface area contributed by atoms with Crippen molar-refractivity contribution in [1.82, 2.24) is 14.5 Å². The first-order valence-corrected chi connectivity index (χ1v) is 9.66. The molecule has 1 aromatic carbocycles. The summed E-state index contributed by atoms with van der Waals surface area (Å²) in [6.45, 7) is 4.70. The van der Waals surface area contributed by atoms with E-state index >= 15 is 0 Å². The second-order valence-electron chi connectivity index (χ2n) is 6.92. The molecule has 3 rings (SSSR count). The van der Waals surface area contributed by atoms with Crippen LogP contribution in [-0.2, 0) is 17.8 Å². The molecule has 1 aromatic heterocycles. The molecule has 146 valence electrons. The molecule has 0 spiro atoms. The Morgan fingerprint density at radius 2 is 1.93 bits per heavy atom. The molecule has 1 amide bonds. The second-order valence-corrected chi connectivity index (χ2v) is 6.92. The van der Waals surface area contributed by atoms with Crippen molar-refractivity contribution in [2.24, 2.45) is 0 Å². The Morgan fingerprint density at radius 3 is 2.59 bits per heavy atom. The van der Waals surface area contributed by atoms with Crippen LogP contribution in [-0.4, -0.2) is 47.7 Å². The van der Waals surface area contributed by atoms with E-state index in [0.717, 1.165) is 43.9 Å². The molecule has 0 N–H and O–H groups in total. The number of likely N-dealkylation sites (tertiary alicyclic amines) is 1. The predicted molar refractivity (Wildman–Crippen MR) is 104 cm³/mol. The number of benzene rings is 1. The third-order valence-corrected chi connectivity index (χ3v) is 5.38. The van der Waals surface area contributed by atoms with E-state index in [1.807, 2.05) is 35.5 Å². The van der Waals surface area contributed by atoms with Gasteiger partial charge in [0, 0.05) is 44.4 Å². The molecule has 6 heteroatoms. The quantitative estimate of drug-likeness (QED) is 0.750. The van der Waals surface area contributed by atoms with E-state index in [1.54, 1.807) is 14.2 Å². The summed E-state index contributed by atoms with van der Waals surface area (Å²) in [6.07, 6.45) is 7.11. The Balaban J connectivity index is 1.51. The van der Waals surface area contributed by atoms with Crippen LogP contribution in [0.25, 0.3) is 0 Å². The highest BCUT2D eigenvalue weighted by molar-refractivity contribution is 5.76. The van der Waals surface area contributed by atoms with Gasteiger partial charge in [0.1, 0.15) is 5.82 Å². The monoisotopic (exact) mass is 371 g/mol. The Bertz CT molecular complexity index is 764. The van der Waals surface area contributed by atoms with Crippen LogP contribution in [0.3, 0.4) is 0 Å². The van der Waals surface area contributed by atoms with Crippen LogP contribution >= 0.6 is 0 Å². The summed E-state index contributed by atoms with van der Waals surface area (Å²) < 4.78 is 12.8. The highest BCUT2D eigenvalue weighted by Gasteiger charge is 2.26. The fraction of sp³-hybridized carbons (Fsp3) is 0.524. The molecule has 2 heterocycles. The Kier molecular flexibility index (Phi) is 6.37. The SMILES string of the molecule is CCn1ccnc1C1CCN(C(=O)CCc2ccc(OC)c(OC)c2)CC1. The van der Waals surface area contributed by atoms with E-state index in [0.29, 0.717) is 30.3 Å². The zero-order valence-electron chi connectivity index (χ0n) is 16.5. The maximum absolute atomic E-state index is 12.6. The Labute approximate surface area is 161 Å². The summed E-state index contributed by atoms with van der Waals surface area (Å²) >= 11 is 0. The number of piperidine rings is 1. The summed E-state index contributed by atoms with van der Waals surface area (Å²) in [5.41, 5.74) is 1.08. The Morgan fingerprint density at radius 1 is 1.19 bits per heavy atom. The third-order valence-electron chi connectivity index (χ3n) is 5.38. The largest absolute Gasteiger partial charge is 0.493 e. The zero-order chi connectivity index (χ0) is 19.2. The molecule has 0 radical (unpaired) electrons. The predicted octanol–water partition coefficient (Wildman–Crippen LogP) is 3.26. The molecule has 0 saturated carbocycles. The summed E-state index contributed by atoms with van der Waals surface area (Å²) in [5.74, 6) is 3.25. The average Bonchev–Trinajstić information content (AvgIpc) is 3.20. The lowest BCUT2D eigenvalue weighted by Gasteiger charge is -2.32. The number of aryl methyl sites for hydroxylation is 2. The molecular formula is C21H29N3O3. The number of rotatable bonds is 7. The topological polar surface area (TPSA) is 56.6 Å². The molecule has 0 aliphatic carbocycles. The van der Waals surface area contributed by atoms with Crippen molar-refractivity contribution in [3.63, 3.8) is 0 Å². The summed E-state index contributed by atoms with van der Waals surface area (Å²) in [6, 6.07) is 5.83. The van der Waals surface area contributed by atoms with Crippen LogP contribution in [0, 0.1) is 0 Å². The van der Waals surface area contributed by atoms with Gasteiger partial charge in [-0.2, -0.15) is 0 Å². The molecular weight excluding hydrogens is 342 g/mol. The van der Waals surface area contributed by atoms with Crippen LogP contribution in [0.1, 0.15) is 43.5 Å². The fourth-order valence-corrected chi connectivity index (χ4v) is 3.78. The lowest BCUT2D eigenvalue weighted by molar-refractivity contribution is -0.132. The van der Waals surface area contributed by atoms with E-state index in [2.05, 4.69) is 16.5 Å². The highest BCUT2D eigenvalue weighted by atomic mass is 16.5. The van der Waals surface area contributed by atoms with Crippen LogP contribution in [0.15, 0.2) is 30.6 Å². The van der Waals surface area contributed by atoms with Crippen molar-refractivity contribution in [3.05, 3.63) is 42.0 Å². The molecule has 1 aliphatic rings. The van der Waals surface area contributed by atoms with E-state index in [1.165, 1.54) is 0 Å². The van der Waals surface area contributed by atoms with Gasteiger partial charge in [0.2, 0.25) is 5.91 Å². The van der Waals surface area contributed by atoms with Crippen LogP contribution < -0.4 is 9.47 Å². The summed E-state index contributed by atoms with van der Waals surface area (Å²) in [5, 5.41) is 0. The van der Waals surface area contributed by atoms with E-state index in [-0.39, 0.29) is 5.91 Å². The first kappa shape index (κ1) is 19.3. The average molecular weight is 371 g/mol. The lowest BCUT2D eigenvalue weighted by atomic mass is 9.95. The number of amides is 1. The first-order chi connectivity index (χ1) is 13.2. The van der Waals surface area contributed by atoms with Gasteiger partial charge in [-0.3, -0.25) is 4.79 Å². The van der Waals surface area contributed by atoms with Gasteiger partial charge in [0.25, 0.3) is 0 Å². The number of nitrogens with zero attached hydrogens (tertiary/aromatic N) is 3. The Hall–Kier alpha value is -2.50. The van der Waals surface area contributed by atoms with Gasteiger partial charge in [0.05, 0.1) is 14.2 Å². The number of carbonyl (C=O) groups is 1. The summed E-state index contributed by atoms with van der Waals surface area (Å²) in [4.78, 5) is 19.1. The van der Waals surface area contributed by atoms with Crippen molar-refractivity contribution >= 4 is 5.91 Å². The molecule has 1 fully saturated rings. The number of ether oxygens (including phenoxy) is 2. The van der Waals surface area contributed by atoms with Crippen molar-refractivity contribution in [1.29, 1.82) is 0 Å². The molecule has 0 bridgehead atoms. The van der Waals surface area contributed by atoms with Crippen molar-refractivity contribution < 1.29 is 14.3 Å². The maximum Gasteiger partial charge on any atom is 0.222 e. The maximum atomic E-state index is 12.6. The van der Waals surface area contributed by atoms with E-state index < -0.39 is 0 Å². The van der Waals surface area contributed by atoms with Crippen molar-refractivity contribution in [2.75, 3.05) is 27.3 Å². The van der Waals surface area contributed by atoms with Gasteiger partial charge in [-0.25, -0.2) is 4.98 Å². The van der Waals surface area contributed by atoms with Gasteiger partial charge in [0.15, 0.2) is 11.5 Å². The van der Waals surface area contributed by atoms with Crippen LogP contribution in [0.2, 0.25) is 0 Å². The van der Waals surface area contributed by atoms with Gasteiger partial charge >= 0.3 is 0 Å². The van der Waals surface area contributed by atoms with Gasteiger partial charge < -0.3 is 18.9 Å². The third kappa shape index (κ3) is 4.43. The van der Waals surface area contributed by atoms with Crippen molar-refractivity contribution in [2.45, 2.75) is 45.1 Å². The highest BCUT2D eigenvalue weighted by Crippen LogP contribution is 2.29. The molecule has 0 unspecified atom stereocenters. The minimum atomic E-state index is 0.224. The lowest BCUT2D eigenvalue weighted by Crippen LogP contribution is -2.38. The zero-order valence-corrected chi connectivity index (χ0v) is 16.5. The van der Waals surface area contributed by atoms with Gasteiger partial charge in [-0.1, -0.05) is 6.07 Å². The molecule has 2 aromatic rings. The van der Waals surface area contributed by atoms with E-state index in [4.69, 9.17) is 9.47 Å². The van der Waals surface area contributed by atoms with E-state index in [9.17, 15) is 4.79 Å². The van der Waals surface area contributed by atoms with Crippen LogP contribution in [0.4, 0.5) is 0 Å². The van der Waals surface area contributed by atoms with Crippen molar-refractivity contribution in [3.8, 4) is 11.5 Å². The number of hydrogen-bond donors (Lipinski definition) is 0. The molecule has 1 saturated heterocycles. The normalized spacial score (nSPS) is 15.0. The second kappa shape index (κ2) is 8.93. The minimum absolute atomic E-state index is 0.224. The van der Waals surface area contributed by atoms with Gasteiger partial charge in [-0.15, -0.1) is 0 Å². The number of carbonyl (C=O) groups excluding carboxylic acids is 1. The number of methoxy groups -OCH3 is 2. The smallest absolute Gasteiger partial charge is 0.222 e.